The van der Waals surface area contributed by atoms with Gasteiger partial charge >= 0.3 is 0 Å². The summed E-state index contributed by atoms with van der Waals surface area (Å²) in [4.78, 5) is 9.03. The monoisotopic (exact) mass is 346 g/mol. The van der Waals surface area contributed by atoms with Gasteiger partial charge in [0.05, 0.1) is 16.3 Å². The van der Waals surface area contributed by atoms with Gasteiger partial charge in [-0.25, -0.2) is 13.4 Å². The minimum atomic E-state index is -3.19. The SMILES string of the molecule is CS(=O)(=O)c1ccc(OCc2csc(-c3ccccn3)n2)cc1. The molecule has 2 heterocycles. The summed E-state index contributed by atoms with van der Waals surface area (Å²) in [5, 5.41) is 2.77. The van der Waals surface area contributed by atoms with Crippen LogP contribution in [0.1, 0.15) is 5.69 Å². The smallest absolute Gasteiger partial charge is 0.175 e. The second-order valence-electron chi connectivity index (χ2n) is 4.89. The van der Waals surface area contributed by atoms with Crippen molar-refractivity contribution in [1.29, 1.82) is 0 Å². The van der Waals surface area contributed by atoms with E-state index in [1.165, 1.54) is 29.7 Å². The topological polar surface area (TPSA) is 69.2 Å². The molecule has 0 N–H and O–H groups in total. The highest BCUT2D eigenvalue weighted by atomic mass is 32.2. The molecular formula is C16H14N2O3S2. The van der Waals surface area contributed by atoms with Crippen LogP contribution < -0.4 is 4.74 Å². The first-order valence-corrected chi connectivity index (χ1v) is 9.58. The third-order valence-electron chi connectivity index (χ3n) is 3.07. The number of nitrogens with zero attached hydrogens (tertiary/aromatic N) is 2. The maximum absolute atomic E-state index is 11.4. The lowest BCUT2D eigenvalue weighted by Gasteiger charge is -2.05. The highest BCUT2D eigenvalue weighted by Gasteiger charge is 2.08. The summed E-state index contributed by atoms with van der Waals surface area (Å²) < 4.78 is 28.4. The van der Waals surface area contributed by atoms with Gasteiger partial charge in [-0.15, -0.1) is 11.3 Å². The summed E-state index contributed by atoms with van der Waals surface area (Å²) in [6, 6.07) is 12.0. The summed E-state index contributed by atoms with van der Waals surface area (Å²) in [6.07, 6.45) is 2.91. The second kappa shape index (κ2) is 6.47. The largest absolute Gasteiger partial charge is 0.487 e. The van der Waals surface area contributed by atoms with Crippen molar-refractivity contribution in [3.63, 3.8) is 0 Å². The molecule has 0 aliphatic carbocycles. The van der Waals surface area contributed by atoms with Crippen LogP contribution in [-0.4, -0.2) is 24.6 Å². The Morgan fingerprint density at radius 1 is 1.13 bits per heavy atom. The molecule has 5 nitrogen and oxygen atoms in total. The maximum atomic E-state index is 11.4. The molecule has 0 aliphatic rings. The van der Waals surface area contributed by atoms with Crippen LogP contribution >= 0.6 is 11.3 Å². The van der Waals surface area contributed by atoms with E-state index in [2.05, 4.69) is 9.97 Å². The number of pyridine rings is 1. The molecule has 2 aromatic heterocycles. The fourth-order valence-corrected chi connectivity index (χ4v) is 3.33. The fraction of sp³-hybridized carbons (Fsp3) is 0.125. The zero-order valence-electron chi connectivity index (χ0n) is 12.3. The molecule has 3 rings (SSSR count). The van der Waals surface area contributed by atoms with E-state index in [0.29, 0.717) is 12.4 Å². The number of hydrogen-bond donors (Lipinski definition) is 0. The number of sulfone groups is 1. The normalized spacial score (nSPS) is 11.3. The van der Waals surface area contributed by atoms with E-state index in [4.69, 9.17) is 4.74 Å². The maximum Gasteiger partial charge on any atom is 0.175 e. The van der Waals surface area contributed by atoms with Crippen molar-refractivity contribution in [3.8, 4) is 16.5 Å². The van der Waals surface area contributed by atoms with Crippen molar-refractivity contribution in [2.45, 2.75) is 11.5 Å². The first kappa shape index (κ1) is 15.6. The van der Waals surface area contributed by atoms with Crippen LogP contribution in [0.2, 0.25) is 0 Å². The molecule has 0 bridgehead atoms. The van der Waals surface area contributed by atoms with Crippen LogP contribution in [-0.2, 0) is 16.4 Å². The minimum absolute atomic E-state index is 0.274. The Bertz CT molecular complexity index is 889. The summed E-state index contributed by atoms with van der Waals surface area (Å²) in [5.74, 6) is 0.602. The quantitative estimate of drug-likeness (QED) is 0.710. The zero-order chi connectivity index (χ0) is 16.3. The van der Waals surface area contributed by atoms with E-state index >= 15 is 0 Å². The third kappa shape index (κ3) is 3.94. The van der Waals surface area contributed by atoms with Gasteiger partial charge in [-0.05, 0) is 36.4 Å². The van der Waals surface area contributed by atoms with Crippen molar-refractivity contribution < 1.29 is 13.2 Å². The van der Waals surface area contributed by atoms with Crippen LogP contribution in [0.4, 0.5) is 0 Å². The Morgan fingerprint density at radius 2 is 1.91 bits per heavy atom. The van der Waals surface area contributed by atoms with E-state index in [9.17, 15) is 8.42 Å². The van der Waals surface area contributed by atoms with E-state index in [-0.39, 0.29) is 4.90 Å². The van der Waals surface area contributed by atoms with Crippen molar-refractivity contribution in [3.05, 3.63) is 59.7 Å². The van der Waals surface area contributed by atoms with Crippen LogP contribution in [0.3, 0.4) is 0 Å². The Morgan fingerprint density at radius 3 is 2.57 bits per heavy atom. The summed E-state index contributed by atoms with van der Waals surface area (Å²) in [5.41, 5.74) is 1.64. The van der Waals surface area contributed by atoms with E-state index in [0.717, 1.165) is 16.4 Å². The minimum Gasteiger partial charge on any atom is -0.487 e. The third-order valence-corrected chi connectivity index (χ3v) is 5.12. The molecule has 23 heavy (non-hydrogen) atoms. The molecule has 3 aromatic rings. The van der Waals surface area contributed by atoms with Gasteiger partial charge < -0.3 is 4.74 Å². The standard InChI is InChI=1S/C16H14N2O3S2/c1-23(19,20)14-7-5-13(6-8-14)21-10-12-11-22-16(18-12)15-4-2-3-9-17-15/h2-9,11H,10H2,1H3. The molecular weight excluding hydrogens is 332 g/mol. The predicted molar refractivity (Wildman–Crippen MR) is 89.2 cm³/mol. The number of benzene rings is 1. The van der Waals surface area contributed by atoms with Crippen molar-refractivity contribution in [1.82, 2.24) is 9.97 Å². The Balaban J connectivity index is 1.66. The molecule has 0 unspecified atom stereocenters. The van der Waals surface area contributed by atoms with Gasteiger partial charge in [0.25, 0.3) is 0 Å². The highest BCUT2D eigenvalue weighted by Crippen LogP contribution is 2.22. The van der Waals surface area contributed by atoms with Crippen molar-refractivity contribution in [2.75, 3.05) is 6.26 Å². The number of hydrogen-bond acceptors (Lipinski definition) is 6. The molecule has 0 atom stereocenters. The van der Waals surface area contributed by atoms with Gasteiger partial charge in [0.1, 0.15) is 17.4 Å². The molecule has 0 amide bonds. The Hall–Kier alpha value is -2.25. The first-order valence-electron chi connectivity index (χ1n) is 6.81. The van der Waals surface area contributed by atoms with E-state index in [1.54, 1.807) is 18.3 Å². The van der Waals surface area contributed by atoms with Gasteiger partial charge in [0.15, 0.2) is 9.84 Å². The Labute approximate surface area is 138 Å². The van der Waals surface area contributed by atoms with Gasteiger partial charge in [-0.1, -0.05) is 6.07 Å². The van der Waals surface area contributed by atoms with Crippen LogP contribution in [0.25, 0.3) is 10.7 Å². The number of ether oxygens (including phenoxy) is 1. The van der Waals surface area contributed by atoms with E-state index in [1.807, 2.05) is 23.6 Å². The van der Waals surface area contributed by atoms with Gasteiger partial charge in [0.2, 0.25) is 0 Å². The average molecular weight is 346 g/mol. The van der Waals surface area contributed by atoms with Crippen LogP contribution in [0.5, 0.6) is 5.75 Å². The van der Waals surface area contributed by atoms with Gasteiger partial charge in [-0.3, -0.25) is 4.98 Å². The number of thiazole rings is 1. The van der Waals surface area contributed by atoms with Crippen molar-refractivity contribution in [2.24, 2.45) is 0 Å². The molecule has 0 radical (unpaired) electrons. The molecule has 0 saturated carbocycles. The Kier molecular flexibility index (Phi) is 4.40. The summed E-state index contributed by atoms with van der Waals surface area (Å²) in [6.45, 7) is 0.321. The lowest BCUT2D eigenvalue weighted by atomic mass is 10.3. The average Bonchev–Trinajstić information content (AvgIpc) is 3.02. The summed E-state index contributed by atoms with van der Waals surface area (Å²) >= 11 is 1.51. The molecule has 1 aromatic carbocycles. The number of rotatable bonds is 5. The van der Waals surface area contributed by atoms with Crippen LogP contribution in [0, 0.1) is 0 Å². The lowest BCUT2D eigenvalue weighted by Crippen LogP contribution is -1.98. The fourth-order valence-electron chi connectivity index (χ4n) is 1.92. The molecule has 0 fully saturated rings. The molecule has 0 spiro atoms. The van der Waals surface area contributed by atoms with E-state index < -0.39 is 9.84 Å². The van der Waals surface area contributed by atoms with Crippen LogP contribution in [0.15, 0.2) is 58.9 Å². The molecule has 0 saturated heterocycles. The van der Waals surface area contributed by atoms with Crippen molar-refractivity contribution >= 4 is 21.2 Å². The van der Waals surface area contributed by atoms with Gasteiger partial charge in [-0.2, -0.15) is 0 Å². The highest BCUT2D eigenvalue weighted by molar-refractivity contribution is 7.90. The first-order chi connectivity index (χ1) is 11.0. The summed E-state index contributed by atoms with van der Waals surface area (Å²) in [7, 11) is -3.19. The zero-order valence-corrected chi connectivity index (χ0v) is 14.0. The molecule has 0 aliphatic heterocycles. The molecule has 118 valence electrons. The number of aromatic nitrogens is 2. The predicted octanol–water partition coefficient (Wildman–Crippen LogP) is 3.19. The lowest BCUT2D eigenvalue weighted by molar-refractivity contribution is 0.302. The van der Waals surface area contributed by atoms with Gasteiger partial charge in [0, 0.05) is 17.8 Å². The second-order valence-corrected chi connectivity index (χ2v) is 7.77. The molecule has 7 heteroatoms.